The molecule has 0 saturated heterocycles. The minimum absolute atomic E-state index is 0.566. The number of rotatable bonds is 0. The van der Waals surface area contributed by atoms with Crippen molar-refractivity contribution < 1.29 is 0 Å². The van der Waals surface area contributed by atoms with E-state index in [1.165, 1.54) is 10.8 Å². The third-order valence-electron chi connectivity index (χ3n) is 12.9. The molecule has 8 aromatic rings. The molecule has 0 spiro atoms. The molecular weight excluding hydrogens is 737 g/mol. The lowest BCUT2D eigenvalue weighted by Crippen LogP contribution is -2.33. The summed E-state index contributed by atoms with van der Waals surface area (Å²) in [6, 6.07) is 47.0. The van der Waals surface area contributed by atoms with Crippen LogP contribution < -0.4 is 0 Å². The fourth-order valence-corrected chi connectivity index (χ4v) is 9.99. The number of hydrogen-bond donors (Lipinski definition) is 0. The molecule has 5 heterocycles. The Hall–Kier alpha value is -7.71. The Kier molecular flexibility index (Phi) is 6.49. The summed E-state index contributed by atoms with van der Waals surface area (Å²) in [5, 5.41) is 9.01. The van der Waals surface area contributed by atoms with Crippen LogP contribution in [-0.2, 0) is 5.66 Å². The predicted molar refractivity (Wildman–Crippen MR) is 246 cm³/mol. The van der Waals surface area contributed by atoms with Crippen molar-refractivity contribution in [1.82, 2.24) is 4.90 Å². The Balaban J connectivity index is 1.16. The van der Waals surface area contributed by atoms with Gasteiger partial charge in [0.25, 0.3) is 0 Å². The van der Waals surface area contributed by atoms with E-state index in [1.807, 2.05) is 7.05 Å². The summed E-state index contributed by atoms with van der Waals surface area (Å²) in [7, 11) is 2.04. The molecule has 8 aromatic carbocycles. The second-order valence-electron chi connectivity index (χ2n) is 16.4. The molecule has 0 N–H and O–H groups in total. The van der Waals surface area contributed by atoms with Gasteiger partial charge in [-0.05, 0) is 111 Å². The van der Waals surface area contributed by atoms with E-state index in [1.54, 1.807) is 0 Å². The summed E-state index contributed by atoms with van der Waals surface area (Å²) in [4.78, 5) is 40.1. The van der Waals surface area contributed by atoms with E-state index in [9.17, 15) is 0 Å². The molecule has 8 heteroatoms. The first-order chi connectivity index (χ1) is 29.3. The quantitative estimate of drug-likeness (QED) is 0.151. The van der Waals surface area contributed by atoms with Crippen LogP contribution in [0.2, 0.25) is 0 Å². The molecular formula is C52H34N8. The first-order valence-electron chi connectivity index (χ1n) is 20.3. The molecule has 0 fully saturated rings. The zero-order valence-electron chi connectivity index (χ0n) is 33.3. The molecule has 0 saturated carbocycles. The molecule has 282 valence electrons. The SMILES string of the molecule is Cc1c2c(c(C)c3ccccc13)C1(C)N=C3N=C(N=C4N=C(c5cc6ccccc6cc54)N(C)C4=NC(=NC2=N1)c1cc2ccccc2cc14)c1cc2ccccc2cc13. The number of aryl methyl sites for hydroxylation is 2. The molecule has 8 bridgehead atoms. The molecule has 5 aliphatic heterocycles. The number of aliphatic imine (C=N–C) groups is 7. The summed E-state index contributed by atoms with van der Waals surface area (Å²) in [6.07, 6.45) is 0. The number of benzene rings is 8. The second-order valence-corrected chi connectivity index (χ2v) is 16.4. The van der Waals surface area contributed by atoms with Gasteiger partial charge in [-0.1, -0.05) is 97.1 Å². The van der Waals surface area contributed by atoms with Gasteiger partial charge in [0.1, 0.15) is 11.7 Å². The van der Waals surface area contributed by atoms with Crippen LogP contribution in [0.3, 0.4) is 0 Å². The van der Waals surface area contributed by atoms with Crippen molar-refractivity contribution in [3.05, 3.63) is 189 Å². The summed E-state index contributed by atoms with van der Waals surface area (Å²) < 4.78 is 0. The molecule has 1 unspecified atom stereocenters. The smallest absolute Gasteiger partial charge is 0.178 e. The third kappa shape index (κ3) is 4.53. The molecule has 0 aromatic heterocycles. The van der Waals surface area contributed by atoms with E-state index >= 15 is 0 Å². The van der Waals surface area contributed by atoms with E-state index < -0.39 is 5.66 Å². The van der Waals surface area contributed by atoms with Gasteiger partial charge in [0.2, 0.25) is 0 Å². The van der Waals surface area contributed by atoms with Crippen molar-refractivity contribution >= 4 is 83.9 Å². The monoisotopic (exact) mass is 770 g/mol. The van der Waals surface area contributed by atoms with E-state index in [0.717, 1.165) is 99.6 Å². The fourth-order valence-electron chi connectivity index (χ4n) is 9.99. The average Bonchev–Trinajstić information content (AvgIpc) is 3.99. The maximum absolute atomic E-state index is 5.58. The highest BCUT2D eigenvalue weighted by atomic mass is 15.3. The molecule has 0 radical (unpaired) electrons. The molecule has 5 aliphatic rings. The predicted octanol–water partition coefficient (Wildman–Crippen LogP) is 10.4. The van der Waals surface area contributed by atoms with Crippen molar-refractivity contribution in [3.8, 4) is 0 Å². The zero-order valence-corrected chi connectivity index (χ0v) is 33.3. The Morgan fingerprint density at radius 2 is 0.750 bits per heavy atom. The largest absolute Gasteiger partial charge is 0.313 e. The van der Waals surface area contributed by atoms with Crippen LogP contribution in [0.1, 0.15) is 62.6 Å². The van der Waals surface area contributed by atoms with Crippen molar-refractivity contribution in [2.24, 2.45) is 34.9 Å². The van der Waals surface area contributed by atoms with Crippen LogP contribution in [0.4, 0.5) is 0 Å². The molecule has 13 rings (SSSR count). The zero-order chi connectivity index (χ0) is 40.0. The van der Waals surface area contributed by atoms with Gasteiger partial charge in [-0.25, -0.2) is 34.9 Å². The summed E-state index contributed by atoms with van der Waals surface area (Å²) in [5.41, 5.74) is 8.83. The van der Waals surface area contributed by atoms with Gasteiger partial charge in [0, 0.05) is 51.6 Å². The van der Waals surface area contributed by atoms with E-state index in [0.29, 0.717) is 29.2 Å². The van der Waals surface area contributed by atoms with Crippen molar-refractivity contribution in [2.75, 3.05) is 7.05 Å². The van der Waals surface area contributed by atoms with Gasteiger partial charge in [0.15, 0.2) is 34.8 Å². The Labute approximate surface area is 345 Å². The van der Waals surface area contributed by atoms with Crippen LogP contribution in [0.15, 0.2) is 168 Å². The molecule has 1 atom stereocenters. The third-order valence-corrected chi connectivity index (χ3v) is 12.9. The summed E-state index contributed by atoms with van der Waals surface area (Å²) >= 11 is 0. The Bertz CT molecular complexity index is 3600. The average molecular weight is 771 g/mol. The van der Waals surface area contributed by atoms with Gasteiger partial charge >= 0.3 is 0 Å². The normalized spacial score (nSPS) is 18.4. The van der Waals surface area contributed by atoms with Crippen LogP contribution in [0, 0.1) is 13.8 Å². The van der Waals surface area contributed by atoms with Gasteiger partial charge in [-0.15, -0.1) is 0 Å². The minimum atomic E-state index is -1.06. The second kappa shape index (κ2) is 11.7. The Morgan fingerprint density at radius 3 is 1.25 bits per heavy atom. The number of hydrogen-bond acceptors (Lipinski definition) is 8. The van der Waals surface area contributed by atoms with Gasteiger partial charge in [-0.3, -0.25) is 0 Å². The maximum Gasteiger partial charge on any atom is 0.178 e. The number of nitrogens with zero attached hydrogens (tertiary/aromatic N) is 8. The first kappa shape index (κ1) is 33.3. The maximum atomic E-state index is 5.58. The molecule has 0 aliphatic carbocycles. The molecule has 60 heavy (non-hydrogen) atoms. The van der Waals surface area contributed by atoms with Gasteiger partial charge in [0.05, 0.1) is 0 Å². The van der Waals surface area contributed by atoms with E-state index in [2.05, 4.69) is 159 Å². The summed E-state index contributed by atoms with van der Waals surface area (Å²) in [6.45, 7) is 6.45. The highest BCUT2D eigenvalue weighted by Gasteiger charge is 2.42. The first-order valence-corrected chi connectivity index (χ1v) is 20.3. The van der Waals surface area contributed by atoms with Crippen molar-refractivity contribution in [1.29, 1.82) is 0 Å². The van der Waals surface area contributed by atoms with Crippen LogP contribution in [0.25, 0.3) is 43.1 Å². The van der Waals surface area contributed by atoms with Crippen LogP contribution >= 0.6 is 0 Å². The van der Waals surface area contributed by atoms with Gasteiger partial charge < -0.3 is 4.90 Å². The minimum Gasteiger partial charge on any atom is -0.313 e. The van der Waals surface area contributed by atoms with E-state index in [-0.39, 0.29) is 0 Å². The molecule has 0 amide bonds. The van der Waals surface area contributed by atoms with Crippen LogP contribution in [0.5, 0.6) is 0 Å². The standard InChI is InChI=1S/C52H34N8/c1-27-35-19-11-12-20-36(35)28(2)44-43(27)49-55-47-40-24-32-16-8-10-18-34(32)26-42(40)51(57-47)60(4)50-41-25-33-17-9-7-15-31(33)23-39(41)46(56-50)53-45-37-21-29-13-5-6-14-30(29)22-38(37)48(54-45)58-52(44,3)59-49/h5-26H,1-4H3. The topological polar surface area (TPSA) is 89.8 Å². The van der Waals surface area contributed by atoms with Crippen molar-refractivity contribution in [2.45, 2.75) is 26.4 Å². The van der Waals surface area contributed by atoms with Crippen molar-refractivity contribution in [3.63, 3.8) is 0 Å². The lowest BCUT2D eigenvalue weighted by atomic mass is 9.86. The molecule has 8 nitrogen and oxygen atoms in total. The van der Waals surface area contributed by atoms with Gasteiger partial charge in [-0.2, -0.15) is 0 Å². The van der Waals surface area contributed by atoms with E-state index in [4.69, 9.17) is 34.9 Å². The number of fused-ring (bicyclic) bond motifs is 20. The number of amidine groups is 7. The summed E-state index contributed by atoms with van der Waals surface area (Å²) in [5.74, 6) is 4.44. The van der Waals surface area contributed by atoms with Crippen LogP contribution in [-0.4, -0.2) is 52.8 Å². The lowest BCUT2D eigenvalue weighted by Gasteiger charge is -2.23. The highest BCUT2D eigenvalue weighted by molar-refractivity contribution is 6.35. The Morgan fingerprint density at radius 1 is 0.400 bits per heavy atom. The lowest BCUT2D eigenvalue weighted by molar-refractivity contribution is 0.538. The fraction of sp³-hybridized carbons (Fsp3) is 0.0962. The highest BCUT2D eigenvalue weighted by Crippen LogP contribution is 2.46.